The Morgan fingerprint density at radius 2 is 1.94 bits per heavy atom. The summed E-state index contributed by atoms with van der Waals surface area (Å²) in [5, 5.41) is 6.00. The van der Waals surface area contributed by atoms with Crippen LogP contribution in [0.2, 0.25) is 0 Å². The molecule has 5 heteroatoms. The molecule has 0 aliphatic carbocycles. The molecule has 0 atom stereocenters. The van der Waals surface area contributed by atoms with Gasteiger partial charge in [0.2, 0.25) is 0 Å². The third-order valence-corrected chi connectivity index (χ3v) is 3.29. The number of nitrogens with zero attached hydrogens (tertiary/aromatic N) is 1. The van der Waals surface area contributed by atoms with Gasteiger partial charge in [-0.2, -0.15) is 0 Å². The maximum atomic E-state index is 11.8. The third kappa shape index (κ3) is 3.85. The molecule has 1 heterocycles. The molecule has 0 bridgehead atoms. The maximum absolute atomic E-state index is 11.8. The second-order valence-corrected chi connectivity index (χ2v) is 4.99. The fraction of sp³-hybridized carbons (Fsp3) is 0.308. The van der Waals surface area contributed by atoms with Crippen LogP contribution in [0.25, 0.3) is 6.08 Å². The lowest BCUT2D eigenvalue weighted by Gasteiger charge is -2.26. The van der Waals surface area contributed by atoms with Gasteiger partial charge < -0.3 is 15.5 Å². The molecule has 1 aromatic carbocycles. The zero-order valence-corrected chi connectivity index (χ0v) is 11.6. The molecule has 18 heavy (non-hydrogen) atoms. The Morgan fingerprint density at radius 1 is 1.28 bits per heavy atom. The van der Waals surface area contributed by atoms with Crippen molar-refractivity contribution in [3.8, 4) is 0 Å². The lowest BCUT2D eigenvalue weighted by molar-refractivity contribution is 0.194. The third-order valence-electron chi connectivity index (χ3n) is 2.76. The predicted molar refractivity (Wildman–Crippen MR) is 76.2 cm³/mol. The molecule has 4 nitrogen and oxygen atoms in total. The number of amides is 2. The fourth-order valence-electron chi connectivity index (χ4n) is 1.74. The summed E-state index contributed by atoms with van der Waals surface area (Å²) in [6, 6.07) is 7.87. The van der Waals surface area contributed by atoms with Crippen molar-refractivity contribution in [3.63, 3.8) is 0 Å². The van der Waals surface area contributed by atoms with Crippen LogP contribution in [0.5, 0.6) is 0 Å². The SMILES string of the molecule is O=C(N/C=C/c1ccc(Br)cc1)N1CCNCC1. The number of piperazine rings is 1. The first-order chi connectivity index (χ1) is 8.75. The van der Waals surface area contributed by atoms with Gasteiger partial charge in [-0.3, -0.25) is 0 Å². The van der Waals surface area contributed by atoms with Crippen LogP contribution in [0.4, 0.5) is 4.79 Å². The van der Waals surface area contributed by atoms with E-state index >= 15 is 0 Å². The molecule has 1 aliphatic rings. The van der Waals surface area contributed by atoms with E-state index < -0.39 is 0 Å². The highest BCUT2D eigenvalue weighted by Crippen LogP contribution is 2.11. The fourth-order valence-corrected chi connectivity index (χ4v) is 2.01. The molecule has 0 spiro atoms. The van der Waals surface area contributed by atoms with E-state index in [2.05, 4.69) is 26.6 Å². The van der Waals surface area contributed by atoms with Crippen LogP contribution in [0.3, 0.4) is 0 Å². The first-order valence-corrected chi connectivity index (χ1v) is 6.73. The maximum Gasteiger partial charge on any atom is 0.321 e. The molecule has 2 N–H and O–H groups in total. The van der Waals surface area contributed by atoms with E-state index in [9.17, 15) is 4.79 Å². The second-order valence-electron chi connectivity index (χ2n) is 4.07. The van der Waals surface area contributed by atoms with Crippen molar-refractivity contribution in [1.29, 1.82) is 0 Å². The van der Waals surface area contributed by atoms with Crippen LogP contribution in [-0.4, -0.2) is 37.1 Å². The number of nitrogens with one attached hydrogen (secondary N) is 2. The Hall–Kier alpha value is -1.33. The molecule has 0 aromatic heterocycles. The number of benzene rings is 1. The Morgan fingerprint density at radius 3 is 2.61 bits per heavy atom. The molecule has 96 valence electrons. The van der Waals surface area contributed by atoms with Crippen LogP contribution < -0.4 is 10.6 Å². The monoisotopic (exact) mass is 309 g/mol. The largest absolute Gasteiger partial charge is 0.322 e. The standard InChI is InChI=1S/C13H16BrN3O/c14-12-3-1-11(2-4-12)5-6-16-13(18)17-9-7-15-8-10-17/h1-6,15H,7-10H2,(H,16,18)/b6-5+. The summed E-state index contributed by atoms with van der Waals surface area (Å²) in [5.74, 6) is 0. The molecule has 2 amide bonds. The van der Waals surface area contributed by atoms with Crippen molar-refractivity contribution < 1.29 is 4.79 Å². The molecule has 1 aliphatic heterocycles. The highest BCUT2D eigenvalue weighted by molar-refractivity contribution is 9.10. The van der Waals surface area contributed by atoms with Gasteiger partial charge in [0.1, 0.15) is 0 Å². The van der Waals surface area contributed by atoms with Crippen molar-refractivity contribution in [3.05, 3.63) is 40.5 Å². The van der Waals surface area contributed by atoms with Crippen LogP contribution in [0.1, 0.15) is 5.56 Å². The average molecular weight is 310 g/mol. The minimum atomic E-state index is -0.0372. The van der Waals surface area contributed by atoms with Gasteiger partial charge >= 0.3 is 6.03 Å². The van der Waals surface area contributed by atoms with Crippen LogP contribution in [-0.2, 0) is 0 Å². The molecule has 0 radical (unpaired) electrons. The van der Waals surface area contributed by atoms with Crippen LogP contribution in [0.15, 0.2) is 34.9 Å². The first-order valence-electron chi connectivity index (χ1n) is 5.94. The molecule has 1 aromatic rings. The van der Waals surface area contributed by atoms with E-state index in [1.54, 1.807) is 6.20 Å². The topological polar surface area (TPSA) is 44.4 Å². The quantitative estimate of drug-likeness (QED) is 0.878. The molecule has 1 fully saturated rings. The number of rotatable bonds is 2. The van der Waals surface area contributed by atoms with Crippen molar-refractivity contribution in [2.75, 3.05) is 26.2 Å². The number of urea groups is 1. The van der Waals surface area contributed by atoms with Crippen molar-refractivity contribution >= 4 is 28.0 Å². The number of hydrogen-bond donors (Lipinski definition) is 2. The zero-order valence-electron chi connectivity index (χ0n) is 10.0. The Kier molecular flexibility index (Phi) is 4.78. The summed E-state index contributed by atoms with van der Waals surface area (Å²) in [7, 11) is 0. The summed E-state index contributed by atoms with van der Waals surface area (Å²) in [5.41, 5.74) is 1.05. The molecule has 0 saturated carbocycles. The Labute approximate surface area is 115 Å². The summed E-state index contributed by atoms with van der Waals surface area (Å²) >= 11 is 3.38. The summed E-state index contributed by atoms with van der Waals surface area (Å²) < 4.78 is 1.05. The van der Waals surface area contributed by atoms with Gasteiger partial charge in [-0.05, 0) is 23.8 Å². The van der Waals surface area contributed by atoms with Gasteiger partial charge in [0, 0.05) is 36.9 Å². The Bertz CT molecular complexity index is 424. The highest BCUT2D eigenvalue weighted by Gasteiger charge is 2.14. The van der Waals surface area contributed by atoms with Crippen LogP contribution in [0, 0.1) is 0 Å². The van der Waals surface area contributed by atoms with Gasteiger partial charge in [-0.25, -0.2) is 4.79 Å². The first kappa shape index (κ1) is 13.1. The van der Waals surface area contributed by atoms with E-state index in [0.29, 0.717) is 0 Å². The van der Waals surface area contributed by atoms with E-state index in [1.807, 2.05) is 35.2 Å². The normalized spacial score (nSPS) is 15.9. The van der Waals surface area contributed by atoms with Crippen LogP contribution >= 0.6 is 15.9 Å². The van der Waals surface area contributed by atoms with Crippen molar-refractivity contribution in [1.82, 2.24) is 15.5 Å². The number of carbonyl (C=O) groups is 1. The van der Waals surface area contributed by atoms with E-state index in [4.69, 9.17) is 0 Å². The minimum absolute atomic E-state index is 0.0372. The number of hydrogen-bond acceptors (Lipinski definition) is 2. The summed E-state index contributed by atoms with van der Waals surface area (Å²) in [4.78, 5) is 13.6. The second kappa shape index (κ2) is 6.56. The van der Waals surface area contributed by atoms with Crippen molar-refractivity contribution in [2.45, 2.75) is 0 Å². The van der Waals surface area contributed by atoms with E-state index in [0.717, 1.165) is 36.2 Å². The molecular formula is C13H16BrN3O. The van der Waals surface area contributed by atoms with Gasteiger partial charge in [-0.15, -0.1) is 0 Å². The van der Waals surface area contributed by atoms with Gasteiger partial charge in [0.25, 0.3) is 0 Å². The lowest BCUT2D eigenvalue weighted by Crippen LogP contribution is -2.49. The molecular weight excluding hydrogens is 294 g/mol. The molecule has 2 rings (SSSR count). The predicted octanol–water partition coefficient (Wildman–Crippen LogP) is 2.03. The Balaban J connectivity index is 1.83. The molecule has 1 saturated heterocycles. The average Bonchev–Trinajstić information content (AvgIpc) is 2.42. The lowest BCUT2D eigenvalue weighted by atomic mass is 10.2. The zero-order chi connectivity index (χ0) is 12.8. The minimum Gasteiger partial charge on any atom is -0.322 e. The van der Waals surface area contributed by atoms with Gasteiger partial charge in [-0.1, -0.05) is 28.1 Å². The summed E-state index contributed by atoms with van der Waals surface area (Å²) in [6.07, 6.45) is 3.57. The molecule has 0 unspecified atom stereocenters. The summed E-state index contributed by atoms with van der Waals surface area (Å²) in [6.45, 7) is 3.25. The van der Waals surface area contributed by atoms with E-state index in [-0.39, 0.29) is 6.03 Å². The van der Waals surface area contributed by atoms with Crippen molar-refractivity contribution in [2.24, 2.45) is 0 Å². The number of halogens is 1. The highest BCUT2D eigenvalue weighted by atomic mass is 79.9. The van der Waals surface area contributed by atoms with E-state index in [1.165, 1.54) is 0 Å². The van der Waals surface area contributed by atoms with Gasteiger partial charge in [0.05, 0.1) is 0 Å². The van der Waals surface area contributed by atoms with Gasteiger partial charge in [0.15, 0.2) is 0 Å². The number of carbonyl (C=O) groups excluding carboxylic acids is 1. The smallest absolute Gasteiger partial charge is 0.321 e.